The summed E-state index contributed by atoms with van der Waals surface area (Å²) in [6.45, 7) is 2.74. The van der Waals surface area contributed by atoms with E-state index in [-0.39, 0.29) is 12.3 Å². The van der Waals surface area contributed by atoms with Crippen LogP contribution >= 0.6 is 0 Å². The van der Waals surface area contributed by atoms with Gasteiger partial charge in [0.25, 0.3) is 11.8 Å². The zero-order valence-corrected chi connectivity index (χ0v) is 20.0. The van der Waals surface area contributed by atoms with Crippen molar-refractivity contribution in [1.29, 1.82) is 0 Å². The molecule has 1 atom stereocenters. The first-order valence-electron chi connectivity index (χ1n) is 10.9. The Morgan fingerprint density at radius 3 is 2.46 bits per heavy atom. The molecule has 0 saturated heterocycles. The van der Waals surface area contributed by atoms with Gasteiger partial charge < -0.3 is 25.5 Å². The van der Waals surface area contributed by atoms with Gasteiger partial charge in [-0.1, -0.05) is 18.2 Å². The molecule has 0 spiro atoms. The predicted octanol–water partition coefficient (Wildman–Crippen LogP) is 2.30. The topological polar surface area (TPSA) is 146 Å². The van der Waals surface area contributed by atoms with Gasteiger partial charge >= 0.3 is 6.18 Å². The average Bonchev–Trinajstić information content (AvgIpc) is 3.35. The van der Waals surface area contributed by atoms with Crippen LogP contribution in [0.5, 0.6) is 0 Å². The fourth-order valence-corrected chi connectivity index (χ4v) is 3.25. The Balaban J connectivity index is 1.69. The van der Waals surface area contributed by atoms with Gasteiger partial charge in [-0.25, -0.2) is 9.97 Å². The highest BCUT2D eigenvalue weighted by Gasteiger charge is 2.36. The fourth-order valence-electron chi connectivity index (χ4n) is 3.25. The van der Waals surface area contributed by atoms with Crippen LogP contribution < -0.4 is 16.0 Å². The van der Waals surface area contributed by atoms with Crippen LogP contribution in [-0.4, -0.2) is 51.5 Å². The molecule has 1 aromatic carbocycles. The zero-order valence-electron chi connectivity index (χ0n) is 20.0. The Hall–Kier alpha value is -4.26. The van der Waals surface area contributed by atoms with Gasteiger partial charge in [0, 0.05) is 25.4 Å². The number of hydrogen-bond acceptors (Lipinski definition) is 7. The third-order valence-electron chi connectivity index (χ3n) is 5.13. The summed E-state index contributed by atoms with van der Waals surface area (Å²) in [4.78, 5) is 43.3. The fraction of sp³-hybridized carbons (Fsp3) is 0.292. The van der Waals surface area contributed by atoms with Crippen molar-refractivity contribution >= 4 is 17.7 Å². The number of amides is 3. The molecular weight excluding hydrogens is 495 g/mol. The minimum absolute atomic E-state index is 0.0224. The maximum absolute atomic E-state index is 12.8. The van der Waals surface area contributed by atoms with Gasteiger partial charge in [0.2, 0.25) is 11.7 Å². The predicted molar refractivity (Wildman–Crippen MR) is 124 cm³/mol. The third-order valence-corrected chi connectivity index (χ3v) is 5.13. The van der Waals surface area contributed by atoms with E-state index in [9.17, 15) is 32.7 Å². The number of likely N-dealkylation sites (N-methyl/N-ethyl adjacent to an activating group) is 1. The number of nitrogens with one attached hydrogen (secondary N) is 3. The van der Waals surface area contributed by atoms with Gasteiger partial charge in [0.15, 0.2) is 5.76 Å². The van der Waals surface area contributed by atoms with E-state index in [1.165, 1.54) is 33.0 Å². The van der Waals surface area contributed by atoms with Gasteiger partial charge in [-0.15, -0.1) is 0 Å². The second-order valence-corrected chi connectivity index (χ2v) is 8.48. The molecular formula is C24H24F3N5O5. The molecule has 0 radical (unpaired) electrons. The first-order chi connectivity index (χ1) is 17.3. The first-order valence-corrected chi connectivity index (χ1v) is 10.9. The number of hydrogen-bond donors (Lipinski definition) is 4. The second-order valence-electron chi connectivity index (χ2n) is 8.48. The minimum Gasteiger partial charge on any atom is -0.451 e. The SMILES string of the molecule is CNC(=O)C(NC(=O)c1ccc(-c2cccc(CNC(=O)c3ccnc(C(F)(F)F)n3)c2)o1)C(C)(C)O. The number of alkyl halides is 3. The smallest absolute Gasteiger partial charge is 0.451 e. The van der Waals surface area contributed by atoms with Crippen LogP contribution in [0.3, 0.4) is 0 Å². The molecule has 4 N–H and O–H groups in total. The van der Waals surface area contributed by atoms with Crippen molar-refractivity contribution < 1.29 is 37.1 Å². The van der Waals surface area contributed by atoms with Crippen LogP contribution in [-0.2, 0) is 17.5 Å². The standard InChI is InChI=1S/C24H24F3N5O5/c1-23(2,36)18(21(35)28-3)32-20(34)17-8-7-16(37-17)14-6-4-5-13(11-14)12-30-19(33)15-9-10-29-22(31-15)24(25,26)27/h4-11,18,36H,12H2,1-3H3,(H,28,35)(H,30,33)(H,32,34). The highest BCUT2D eigenvalue weighted by atomic mass is 19.4. The van der Waals surface area contributed by atoms with Crippen molar-refractivity contribution in [3.05, 3.63) is 71.5 Å². The maximum atomic E-state index is 12.8. The van der Waals surface area contributed by atoms with E-state index in [1.54, 1.807) is 24.3 Å². The molecule has 0 aliphatic heterocycles. The Kier molecular flexibility index (Phi) is 7.96. The van der Waals surface area contributed by atoms with Crippen molar-refractivity contribution in [1.82, 2.24) is 25.9 Å². The molecule has 2 aromatic heterocycles. The number of carbonyl (C=O) groups is 3. The molecule has 3 rings (SSSR count). The van der Waals surface area contributed by atoms with Crippen LogP contribution in [0.1, 0.15) is 46.3 Å². The molecule has 37 heavy (non-hydrogen) atoms. The first kappa shape index (κ1) is 27.3. The molecule has 196 valence electrons. The molecule has 2 heterocycles. The number of rotatable bonds is 8. The molecule has 3 amide bonds. The van der Waals surface area contributed by atoms with Gasteiger partial charge in [0.05, 0.1) is 5.60 Å². The van der Waals surface area contributed by atoms with Crippen LogP contribution in [0.2, 0.25) is 0 Å². The Bertz CT molecular complexity index is 1300. The molecule has 3 aromatic rings. The van der Waals surface area contributed by atoms with Gasteiger partial charge in [-0.3, -0.25) is 14.4 Å². The number of aromatic nitrogens is 2. The van der Waals surface area contributed by atoms with Crippen molar-refractivity contribution in [3.8, 4) is 11.3 Å². The van der Waals surface area contributed by atoms with E-state index in [0.717, 1.165) is 12.3 Å². The second kappa shape index (κ2) is 10.8. The largest absolute Gasteiger partial charge is 0.451 e. The van der Waals surface area contributed by atoms with Crippen LogP contribution in [0, 0.1) is 0 Å². The molecule has 1 unspecified atom stereocenters. The summed E-state index contributed by atoms with van der Waals surface area (Å²) >= 11 is 0. The maximum Gasteiger partial charge on any atom is 0.451 e. The van der Waals surface area contributed by atoms with Gasteiger partial charge in [-0.2, -0.15) is 13.2 Å². The van der Waals surface area contributed by atoms with Crippen molar-refractivity contribution in [2.24, 2.45) is 0 Å². The zero-order chi connectivity index (χ0) is 27.4. The minimum atomic E-state index is -4.78. The molecule has 0 aliphatic carbocycles. The number of halogens is 3. The summed E-state index contributed by atoms with van der Waals surface area (Å²) in [5.74, 6) is -3.32. The van der Waals surface area contributed by atoms with Crippen molar-refractivity contribution in [2.75, 3.05) is 7.05 Å². The lowest BCUT2D eigenvalue weighted by atomic mass is 9.98. The van der Waals surface area contributed by atoms with Crippen LogP contribution in [0.15, 0.2) is 53.1 Å². The van der Waals surface area contributed by atoms with Gasteiger partial charge in [-0.05, 0) is 43.7 Å². The molecule has 0 fully saturated rings. The van der Waals surface area contributed by atoms with Crippen LogP contribution in [0.4, 0.5) is 13.2 Å². The Morgan fingerprint density at radius 1 is 1.08 bits per heavy atom. The van der Waals surface area contributed by atoms with E-state index in [2.05, 4.69) is 25.9 Å². The monoisotopic (exact) mass is 519 g/mol. The van der Waals surface area contributed by atoms with E-state index in [4.69, 9.17) is 4.42 Å². The van der Waals surface area contributed by atoms with Crippen molar-refractivity contribution in [3.63, 3.8) is 0 Å². The molecule has 0 bridgehead atoms. The molecule has 10 nitrogen and oxygen atoms in total. The average molecular weight is 519 g/mol. The van der Waals surface area contributed by atoms with E-state index < -0.39 is 47.1 Å². The Morgan fingerprint density at radius 2 is 1.81 bits per heavy atom. The third kappa shape index (κ3) is 6.91. The lowest BCUT2D eigenvalue weighted by Crippen LogP contribution is -2.57. The number of carbonyl (C=O) groups excluding carboxylic acids is 3. The summed E-state index contributed by atoms with van der Waals surface area (Å²) < 4.78 is 44.0. The summed E-state index contributed by atoms with van der Waals surface area (Å²) in [7, 11) is 1.38. The number of furan rings is 1. The summed E-state index contributed by atoms with van der Waals surface area (Å²) in [6, 6.07) is 9.47. The molecule has 0 saturated carbocycles. The number of aliphatic hydroxyl groups is 1. The Labute approximate surface area is 209 Å². The molecule has 13 heteroatoms. The quantitative estimate of drug-likeness (QED) is 0.357. The summed E-state index contributed by atoms with van der Waals surface area (Å²) in [6.07, 6.45) is -3.92. The highest BCUT2D eigenvalue weighted by Crippen LogP contribution is 2.26. The van der Waals surface area contributed by atoms with E-state index in [1.807, 2.05) is 0 Å². The normalized spacial score (nSPS) is 12.5. The lowest BCUT2D eigenvalue weighted by Gasteiger charge is -2.28. The van der Waals surface area contributed by atoms with Crippen molar-refractivity contribution in [2.45, 2.75) is 38.2 Å². The number of nitrogens with zero attached hydrogens (tertiary/aromatic N) is 2. The van der Waals surface area contributed by atoms with E-state index in [0.29, 0.717) is 16.9 Å². The summed E-state index contributed by atoms with van der Waals surface area (Å²) in [5.41, 5.74) is -0.816. The van der Waals surface area contributed by atoms with Crippen LogP contribution in [0.25, 0.3) is 11.3 Å². The summed E-state index contributed by atoms with van der Waals surface area (Å²) in [5, 5.41) is 17.5. The van der Waals surface area contributed by atoms with E-state index >= 15 is 0 Å². The van der Waals surface area contributed by atoms with Gasteiger partial charge in [0.1, 0.15) is 17.5 Å². The molecule has 0 aliphatic rings. The highest BCUT2D eigenvalue weighted by molar-refractivity contribution is 5.96. The lowest BCUT2D eigenvalue weighted by molar-refractivity contribution is -0.145. The number of benzene rings is 1.